The number of aliphatic hydroxyl groups excluding tert-OH is 2. The number of aliphatic hydroxyl groups is 2. The summed E-state index contributed by atoms with van der Waals surface area (Å²) >= 11 is 0. The van der Waals surface area contributed by atoms with Crippen LogP contribution in [-0.2, 0) is 10.1 Å². The van der Waals surface area contributed by atoms with Crippen LogP contribution in [0.4, 0.5) is 34.1 Å². The summed E-state index contributed by atoms with van der Waals surface area (Å²) in [7, 11) is -4.77. The van der Waals surface area contributed by atoms with Gasteiger partial charge in [-0.3, -0.25) is 4.55 Å². The number of hydrogen-bond acceptors (Lipinski definition) is 12. The quantitative estimate of drug-likeness (QED) is 0.0707. The van der Waals surface area contributed by atoms with Crippen LogP contribution < -0.4 is 15.4 Å². The molecule has 4 rings (SSSR count). The maximum Gasteiger partial charge on any atom is 0.296 e. The summed E-state index contributed by atoms with van der Waals surface area (Å²) < 4.78 is 39.9. The summed E-state index contributed by atoms with van der Waals surface area (Å²) in [5.41, 5.74) is 7.78. The van der Waals surface area contributed by atoms with Crippen molar-refractivity contribution >= 4 is 55.0 Å². The highest BCUT2D eigenvalue weighted by atomic mass is 32.2. The topological polar surface area (TPSA) is 203 Å². The van der Waals surface area contributed by atoms with E-state index in [9.17, 15) is 28.3 Å². The first-order chi connectivity index (χ1) is 20.6. The Morgan fingerprint density at radius 3 is 2.19 bits per heavy atom. The first-order valence-corrected chi connectivity index (χ1v) is 14.8. The molecule has 4 aromatic rings. The van der Waals surface area contributed by atoms with Crippen LogP contribution in [0.25, 0.3) is 10.8 Å². The Morgan fingerprint density at radius 2 is 1.53 bits per heavy atom. The summed E-state index contributed by atoms with van der Waals surface area (Å²) in [5.74, 6) is -0.219. The van der Waals surface area contributed by atoms with Crippen LogP contribution in [0.5, 0.6) is 11.5 Å². The Hall–Kier alpha value is -4.63. The van der Waals surface area contributed by atoms with E-state index < -0.39 is 26.5 Å². The molecule has 14 heteroatoms. The minimum atomic E-state index is -4.77. The van der Waals surface area contributed by atoms with Gasteiger partial charge in [-0.1, -0.05) is 13.0 Å². The van der Waals surface area contributed by atoms with Gasteiger partial charge in [-0.25, -0.2) is 0 Å². The minimum absolute atomic E-state index is 0.0420. The van der Waals surface area contributed by atoms with E-state index in [-0.39, 0.29) is 24.3 Å². The number of nitrogens with zero attached hydrogens (tertiary/aromatic N) is 5. The van der Waals surface area contributed by atoms with Crippen LogP contribution >= 0.6 is 0 Å². The minimum Gasteiger partial charge on any atom is -0.505 e. The molecule has 0 radical (unpaired) electrons. The number of aromatic hydroxyl groups is 1. The highest BCUT2D eigenvalue weighted by molar-refractivity contribution is 7.86. The molecule has 0 spiro atoms. The van der Waals surface area contributed by atoms with Crippen molar-refractivity contribution in [3.63, 3.8) is 0 Å². The van der Waals surface area contributed by atoms with E-state index >= 15 is 0 Å². The van der Waals surface area contributed by atoms with Crippen LogP contribution in [-0.4, -0.2) is 61.2 Å². The standard InChI is InChI=1S/C29H32N6O7S/c1-2-15-42-26-18-22(32-31-21-5-8-23(9-6-21)35(11-13-36)12-14-37)7-10-25(26)33-34-28-27(43(39,40)41)16-19-3-4-20(30)17-24(19)29(28)38/h3-10,16-18,36-38H,2,11-15,30H2,1H3,(H,39,40,41). The van der Waals surface area contributed by atoms with E-state index in [1.54, 1.807) is 30.3 Å². The first kappa shape index (κ1) is 31.3. The fraction of sp³-hybridized carbons (Fsp3) is 0.241. The fourth-order valence-corrected chi connectivity index (χ4v) is 4.85. The molecule has 0 amide bonds. The second-order valence-electron chi connectivity index (χ2n) is 9.38. The van der Waals surface area contributed by atoms with Gasteiger partial charge < -0.3 is 30.7 Å². The predicted molar refractivity (Wildman–Crippen MR) is 163 cm³/mol. The number of benzene rings is 4. The molecule has 226 valence electrons. The predicted octanol–water partition coefficient (Wildman–Crippen LogP) is 5.78. The second kappa shape index (κ2) is 14.0. The van der Waals surface area contributed by atoms with Crippen molar-refractivity contribution in [1.82, 2.24) is 0 Å². The number of ether oxygens (including phenoxy) is 1. The van der Waals surface area contributed by atoms with Crippen molar-refractivity contribution in [2.24, 2.45) is 20.5 Å². The number of azo groups is 2. The van der Waals surface area contributed by atoms with Gasteiger partial charge in [-0.15, -0.1) is 10.2 Å². The van der Waals surface area contributed by atoms with Crippen molar-refractivity contribution < 1.29 is 33.0 Å². The molecule has 0 saturated heterocycles. The van der Waals surface area contributed by atoms with Gasteiger partial charge in [-0.05, 0) is 66.4 Å². The largest absolute Gasteiger partial charge is 0.505 e. The van der Waals surface area contributed by atoms with E-state index in [1.807, 2.05) is 24.0 Å². The van der Waals surface area contributed by atoms with Crippen molar-refractivity contribution in [3.8, 4) is 11.5 Å². The van der Waals surface area contributed by atoms with E-state index in [0.29, 0.717) is 54.3 Å². The van der Waals surface area contributed by atoms with Crippen molar-refractivity contribution in [3.05, 3.63) is 66.7 Å². The molecule has 43 heavy (non-hydrogen) atoms. The zero-order valence-corrected chi connectivity index (χ0v) is 24.1. The molecular weight excluding hydrogens is 576 g/mol. The monoisotopic (exact) mass is 608 g/mol. The third-order valence-electron chi connectivity index (χ3n) is 6.25. The van der Waals surface area contributed by atoms with E-state index in [0.717, 1.165) is 5.69 Å². The number of hydrogen-bond donors (Lipinski definition) is 5. The summed E-state index contributed by atoms with van der Waals surface area (Å²) in [6.45, 7) is 2.96. The van der Waals surface area contributed by atoms with Gasteiger partial charge in [0.25, 0.3) is 10.1 Å². The third-order valence-corrected chi connectivity index (χ3v) is 7.12. The number of phenolic OH excluding ortho intramolecular Hbond substituents is 1. The maximum atomic E-state index is 12.1. The van der Waals surface area contributed by atoms with Gasteiger partial charge >= 0.3 is 0 Å². The summed E-state index contributed by atoms with van der Waals surface area (Å²) in [6, 6.07) is 17.6. The lowest BCUT2D eigenvalue weighted by Crippen LogP contribution is -2.29. The molecule has 0 heterocycles. The summed E-state index contributed by atoms with van der Waals surface area (Å²) in [6.07, 6.45) is 0.693. The lowest BCUT2D eigenvalue weighted by Gasteiger charge is -2.22. The lowest BCUT2D eigenvalue weighted by atomic mass is 10.1. The molecule has 0 unspecified atom stereocenters. The number of rotatable bonds is 13. The number of phenols is 1. The fourth-order valence-electron chi connectivity index (χ4n) is 4.19. The smallest absolute Gasteiger partial charge is 0.296 e. The number of fused-ring (bicyclic) bond motifs is 1. The van der Waals surface area contributed by atoms with Crippen molar-refractivity contribution in [2.45, 2.75) is 18.2 Å². The molecule has 0 saturated carbocycles. The Labute approximate surface area is 248 Å². The third kappa shape index (κ3) is 7.81. The zero-order valence-electron chi connectivity index (χ0n) is 23.3. The number of anilines is 2. The van der Waals surface area contributed by atoms with Crippen molar-refractivity contribution in [2.75, 3.05) is 43.5 Å². The Kier molecular flexibility index (Phi) is 10.2. The van der Waals surface area contributed by atoms with E-state index in [1.165, 1.54) is 24.3 Å². The maximum absolute atomic E-state index is 12.1. The number of nitrogens with two attached hydrogens (primary N) is 1. The Morgan fingerprint density at radius 1 is 0.860 bits per heavy atom. The normalized spacial score (nSPS) is 12.0. The van der Waals surface area contributed by atoms with Gasteiger partial charge in [0.1, 0.15) is 22.0 Å². The molecule has 0 aliphatic carbocycles. The molecule has 0 aliphatic rings. The van der Waals surface area contributed by atoms with Gasteiger partial charge in [0.05, 0.1) is 31.2 Å². The zero-order chi connectivity index (χ0) is 31.0. The van der Waals surface area contributed by atoms with E-state index in [2.05, 4.69) is 20.5 Å². The molecule has 0 bridgehead atoms. The molecular formula is C29H32N6O7S. The summed E-state index contributed by atoms with van der Waals surface area (Å²) in [5, 5.41) is 46.6. The summed E-state index contributed by atoms with van der Waals surface area (Å²) in [4.78, 5) is 1.23. The van der Waals surface area contributed by atoms with Crippen LogP contribution in [0.15, 0.2) is 92.1 Å². The molecule has 0 fully saturated rings. The van der Waals surface area contributed by atoms with Gasteiger partial charge in [0, 0.05) is 35.9 Å². The average Bonchev–Trinajstić information content (AvgIpc) is 2.99. The molecule has 6 N–H and O–H groups in total. The Balaban J connectivity index is 1.65. The van der Waals surface area contributed by atoms with Crippen molar-refractivity contribution in [1.29, 1.82) is 0 Å². The van der Waals surface area contributed by atoms with Gasteiger partial charge in [0.15, 0.2) is 5.75 Å². The molecule has 0 aliphatic heterocycles. The number of nitrogen functional groups attached to an aromatic ring is 1. The van der Waals surface area contributed by atoms with Crippen LogP contribution in [0, 0.1) is 0 Å². The van der Waals surface area contributed by atoms with E-state index in [4.69, 9.17) is 10.5 Å². The highest BCUT2D eigenvalue weighted by Gasteiger charge is 2.22. The highest BCUT2D eigenvalue weighted by Crippen LogP contribution is 2.43. The molecule has 13 nitrogen and oxygen atoms in total. The molecule has 4 aromatic carbocycles. The van der Waals surface area contributed by atoms with Crippen LogP contribution in [0.2, 0.25) is 0 Å². The second-order valence-corrected chi connectivity index (χ2v) is 10.8. The Bertz CT molecular complexity index is 1740. The molecule has 0 atom stereocenters. The molecule has 0 aromatic heterocycles. The lowest BCUT2D eigenvalue weighted by molar-refractivity contribution is 0.281. The average molecular weight is 609 g/mol. The van der Waals surface area contributed by atoms with Gasteiger partial charge in [0.2, 0.25) is 0 Å². The van der Waals surface area contributed by atoms with Gasteiger partial charge in [-0.2, -0.15) is 18.6 Å². The van der Waals surface area contributed by atoms with Crippen LogP contribution in [0.1, 0.15) is 13.3 Å². The first-order valence-electron chi connectivity index (χ1n) is 13.3. The SMILES string of the molecule is CCCOc1cc(N=Nc2ccc(N(CCO)CCO)cc2)ccc1N=Nc1c(S(=O)(=O)O)cc2ccc(N)cc2c1O. The van der Waals surface area contributed by atoms with Crippen LogP contribution in [0.3, 0.4) is 0 Å².